The molecule has 0 radical (unpaired) electrons. The van der Waals surface area contributed by atoms with Gasteiger partial charge >= 0.3 is 6.09 Å². The average molecular weight is 553 g/mol. The van der Waals surface area contributed by atoms with E-state index in [0.717, 1.165) is 5.69 Å². The lowest BCUT2D eigenvalue weighted by Gasteiger charge is -2.34. The van der Waals surface area contributed by atoms with E-state index in [-0.39, 0.29) is 35.6 Å². The van der Waals surface area contributed by atoms with E-state index in [9.17, 15) is 23.1 Å². The normalized spacial score (nSPS) is 14.9. The van der Waals surface area contributed by atoms with E-state index in [0.29, 0.717) is 35.1 Å². The van der Waals surface area contributed by atoms with Crippen LogP contribution in [0.1, 0.15) is 18.5 Å². The van der Waals surface area contributed by atoms with Crippen molar-refractivity contribution in [3.63, 3.8) is 0 Å². The third kappa shape index (κ3) is 4.74. The van der Waals surface area contributed by atoms with Crippen LogP contribution in [0.5, 0.6) is 5.75 Å². The van der Waals surface area contributed by atoms with Crippen molar-refractivity contribution in [1.29, 1.82) is 0 Å². The first-order chi connectivity index (χ1) is 18.6. The van der Waals surface area contributed by atoms with Crippen LogP contribution in [-0.2, 0) is 10.0 Å². The molecule has 13 heteroatoms. The molecule has 0 saturated carbocycles. The lowest BCUT2D eigenvalue weighted by Crippen LogP contribution is -2.46. The Balaban J connectivity index is 1.48. The molecule has 0 spiro atoms. The zero-order chi connectivity index (χ0) is 27.9. The number of piperidine rings is 1. The standard InChI is InChI=1S/C26H28N6O6S/c1-16-22-23(32(29-16)18-7-5-4-6-8-18)25(33)28-24(27-22)20-10-9-19(15-21(20)38-3)39(36,37)31-13-11-17(12-14-31)30(2)26(34)35/h4-10,15,17H,11-14H2,1-3H3,(H,34,35)(H,27,28,33). The molecule has 204 valence electrons. The molecule has 0 unspecified atom stereocenters. The fourth-order valence-corrected chi connectivity index (χ4v) is 6.34. The highest BCUT2D eigenvalue weighted by Crippen LogP contribution is 2.32. The summed E-state index contributed by atoms with van der Waals surface area (Å²) in [7, 11) is -0.953. The Labute approximate surface area is 224 Å². The van der Waals surface area contributed by atoms with Gasteiger partial charge in [-0.2, -0.15) is 9.40 Å². The molecule has 39 heavy (non-hydrogen) atoms. The van der Waals surface area contributed by atoms with Crippen LogP contribution >= 0.6 is 0 Å². The zero-order valence-corrected chi connectivity index (χ0v) is 22.5. The zero-order valence-electron chi connectivity index (χ0n) is 21.7. The van der Waals surface area contributed by atoms with Crippen LogP contribution in [0, 0.1) is 6.92 Å². The Morgan fingerprint density at radius 2 is 1.85 bits per heavy atom. The van der Waals surface area contributed by atoms with Crippen molar-refractivity contribution in [3.8, 4) is 22.8 Å². The fourth-order valence-electron chi connectivity index (χ4n) is 4.85. The van der Waals surface area contributed by atoms with Crippen molar-refractivity contribution >= 4 is 27.1 Å². The smallest absolute Gasteiger partial charge is 0.407 e. The molecular formula is C26H28N6O6S. The van der Waals surface area contributed by atoms with Crippen molar-refractivity contribution < 1.29 is 23.1 Å². The van der Waals surface area contributed by atoms with Gasteiger partial charge in [-0.1, -0.05) is 18.2 Å². The van der Waals surface area contributed by atoms with E-state index in [2.05, 4.69) is 15.1 Å². The maximum Gasteiger partial charge on any atom is 0.407 e. The Kier molecular flexibility index (Phi) is 6.87. The molecule has 0 atom stereocenters. The maximum atomic E-state index is 13.4. The summed E-state index contributed by atoms with van der Waals surface area (Å²) in [6, 6.07) is 13.4. The van der Waals surface area contributed by atoms with Gasteiger partial charge in [-0.3, -0.25) is 4.79 Å². The van der Waals surface area contributed by atoms with Gasteiger partial charge in [0, 0.05) is 32.2 Å². The minimum absolute atomic E-state index is 0.0321. The van der Waals surface area contributed by atoms with Crippen LogP contribution in [-0.4, -0.2) is 81.9 Å². The second-order valence-corrected chi connectivity index (χ2v) is 11.3. The predicted octanol–water partition coefficient (Wildman–Crippen LogP) is 2.86. The maximum absolute atomic E-state index is 13.4. The quantitative estimate of drug-likeness (QED) is 0.371. The fraction of sp³-hybridized carbons (Fsp3) is 0.308. The number of carbonyl (C=O) groups is 1. The van der Waals surface area contributed by atoms with Crippen LogP contribution in [0.3, 0.4) is 0 Å². The number of amides is 1. The molecule has 12 nitrogen and oxygen atoms in total. The number of aryl methyl sites for hydroxylation is 1. The number of hydrogen-bond donors (Lipinski definition) is 2. The molecule has 1 saturated heterocycles. The number of aromatic amines is 1. The van der Waals surface area contributed by atoms with Crippen molar-refractivity contribution in [2.24, 2.45) is 0 Å². The topological polar surface area (TPSA) is 151 Å². The highest BCUT2D eigenvalue weighted by molar-refractivity contribution is 7.89. The third-order valence-electron chi connectivity index (χ3n) is 7.04. The van der Waals surface area contributed by atoms with Gasteiger partial charge in [-0.05, 0) is 44.0 Å². The molecule has 3 heterocycles. The van der Waals surface area contributed by atoms with Crippen molar-refractivity contribution in [1.82, 2.24) is 29.0 Å². The minimum atomic E-state index is -3.86. The number of benzene rings is 2. The summed E-state index contributed by atoms with van der Waals surface area (Å²) >= 11 is 0. The van der Waals surface area contributed by atoms with Crippen LogP contribution in [0.4, 0.5) is 4.79 Å². The van der Waals surface area contributed by atoms with Gasteiger partial charge in [-0.25, -0.2) is 22.9 Å². The summed E-state index contributed by atoms with van der Waals surface area (Å²) in [5, 5.41) is 13.7. The molecule has 0 bridgehead atoms. The highest BCUT2D eigenvalue weighted by Gasteiger charge is 2.32. The molecule has 0 aliphatic carbocycles. The number of ether oxygens (including phenoxy) is 1. The molecular weight excluding hydrogens is 524 g/mol. The molecule has 2 N–H and O–H groups in total. The van der Waals surface area contributed by atoms with Gasteiger partial charge in [0.15, 0.2) is 5.52 Å². The number of H-pyrrole nitrogens is 1. The molecule has 1 amide bonds. The van der Waals surface area contributed by atoms with Gasteiger partial charge < -0.3 is 19.7 Å². The molecule has 2 aromatic heterocycles. The molecule has 4 aromatic rings. The number of methoxy groups -OCH3 is 1. The number of fused-ring (bicyclic) bond motifs is 1. The number of para-hydroxylation sites is 1. The molecule has 1 aliphatic heterocycles. The Bertz CT molecular complexity index is 1710. The van der Waals surface area contributed by atoms with E-state index < -0.39 is 21.7 Å². The van der Waals surface area contributed by atoms with Crippen LogP contribution < -0.4 is 10.3 Å². The van der Waals surface area contributed by atoms with Crippen molar-refractivity contribution in [2.75, 3.05) is 27.2 Å². The van der Waals surface area contributed by atoms with Crippen LogP contribution in [0.25, 0.3) is 28.1 Å². The number of aromatic nitrogens is 4. The summed E-state index contributed by atoms with van der Waals surface area (Å²) in [6.45, 7) is 2.16. The van der Waals surface area contributed by atoms with Crippen LogP contribution in [0.15, 0.2) is 58.2 Å². The Morgan fingerprint density at radius 1 is 1.15 bits per heavy atom. The van der Waals surface area contributed by atoms with Gasteiger partial charge in [-0.15, -0.1) is 0 Å². The molecule has 2 aromatic carbocycles. The Morgan fingerprint density at radius 3 is 2.49 bits per heavy atom. The second kappa shape index (κ2) is 10.2. The minimum Gasteiger partial charge on any atom is -0.496 e. The number of hydrogen-bond acceptors (Lipinski definition) is 7. The first-order valence-corrected chi connectivity index (χ1v) is 13.7. The SMILES string of the molecule is COc1cc(S(=O)(=O)N2CCC(N(C)C(=O)O)CC2)ccc1-c1nc2c(C)nn(-c3ccccc3)c2c(=O)[nH]1. The molecule has 5 rings (SSSR count). The van der Waals surface area contributed by atoms with Gasteiger partial charge in [0.25, 0.3) is 5.56 Å². The monoisotopic (exact) mass is 552 g/mol. The summed E-state index contributed by atoms with van der Waals surface area (Å²) in [5.41, 5.74) is 2.04. The summed E-state index contributed by atoms with van der Waals surface area (Å²) in [4.78, 5) is 33.1. The Hall–Kier alpha value is -4.23. The average Bonchev–Trinajstić information content (AvgIpc) is 3.29. The van der Waals surface area contributed by atoms with E-state index in [4.69, 9.17) is 4.74 Å². The third-order valence-corrected chi connectivity index (χ3v) is 8.93. The second-order valence-electron chi connectivity index (χ2n) is 9.34. The van der Waals surface area contributed by atoms with E-state index in [1.165, 1.54) is 35.5 Å². The lowest BCUT2D eigenvalue weighted by molar-refractivity contribution is 0.120. The molecule has 1 fully saturated rings. The highest BCUT2D eigenvalue weighted by atomic mass is 32.2. The van der Waals surface area contributed by atoms with E-state index >= 15 is 0 Å². The first kappa shape index (κ1) is 26.4. The van der Waals surface area contributed by atoms with E-state index in [1.807, 2.05) is 30.3 Å². The van der Waals surface area contributed by atoms with Crippen molar-refractivity contribution in [2.45, 2.75) is 30.7 Å². The number of carboxylic acid groups (broad SMARTS) is 1. The number of sulfonamides is 1. The van der Waals surface area contributed by atoms with E-state index in [1.54, 1.807) is 17.7 Å². The van der Waals surface area contributed by atoms with Crippen molar-refractivity contribution in [3.05, 3.63) is 64.6 Å². The van der Waals surface area contributed by atoms with Gasteiger partial charge in [0.05, 0.1) is 29.0 Å². The number of nitrogens with one attached hydrogen (secondary N) is 1. The first-order valence-electron chi connectivity index (χ1n) is 12.3. The lowest BCUT2D eigenvalue weighted by atomic mass is 10.1. The largest absolute Gasteiger partial charge is 0.496 e. The van der Waals surface area contributed by atoms with Gasteiger partial charge in [0.2, 0.25) is 10.0 Å². The van der Waals surface area contributed by atoms with Crippen LogP contribution in [0.2, 0.25) is 0 Å². The number of rotatable bonds is 6. The number of nitrogens with zero attached hydrogens (tertiary/aromatic N) is 5. The summed E-state index contributed by atoms with van der Waals surface area (Å²) in [6.07, 6.45) is -0.235. The molecule has 1 aliphatic rings. The predicted molar refractivity (Wildman–Crippen MR) is 144 cm³/mol. The summed E-state index contributed by atoms with van der Waals surface area (Å²) in [5.74, 6) is 0.453. The van der Waals surface area contributed by atoms with Gasteiger partial charge in [0.1, 0.15) is 17.1 Å². The summed E-state index contributed by atoms with van der Waals surface area (Å²) < 4.78 is 35.2.